The monoisotopic (exact) mass is 1860 g/mol. The molecule has 0 unspecified atom stereocenters. The minimum Gasteiger partial charge on any atom is -0.394 e. The van der Waals surface area contributed by atoms with Gasteiger partial charge < -0.3 is 140 Å². The largest absolute Gasteiger partial charge is 0.394 e. The van der Waals surface area contributed by atoms with Crippen molar-refractivity contribution >= 4 is 112 Å². The van der Waals surface area contributed by atoms with Gasteiger partial charge in [0, 0.05) is 51.3 Å². The number of rotatable bonds is 55. The second-order valence-electron chi connectivity index (χ2n) is 36.1. The van der Waals surface area contributed by atoms with Crippen LogP contribution < -0.4 is 115 Å². The molecule has 0 bridgehead atoms. The molecule has 33 N–H and O–H groups in total. The van der Waals surface area contributed by atoms with Crippen molar-refractivity contribution in [2.45, 2.75) is 318 Å². The molecule has 3 heterocycles. The minimum absolute atomic E-state index is 0.00244. The van der Waals surface area contributed by atoms with E-state index in [4.69, 9.17) is 45.9 Å². The van der Waals surface area contributed by atoms with E-state index in [2.05, 4.69) is 94.1 Å². The molecular formula is C85H141N27O20. The smallest absolute Gasteiger partial charge is 0.270 e. The molecule has 2 aromatic heterocycles. The number of pyridine rings is 1. The molecule has 2 saturated carbocycles. The third kappa shape index (κ3) is 37.5. The molecule has 132 heavy (non-hydrogen) atoms. The van der Waals surface area contributed by atoms with E-state index in [1.807, 2.05) is 0 Å². The van der Waals surface area contributed by atoms with Gasteiger partial charge in [-0.25, -0.2) is 4.98 Å². The summed E-state index contributed by atoms with van der Waals surface area (Å²) in [6.07, 6.45) is 8.12. The molecule has 15 atom stereocenters. The Bertz CT molecular complexity index is 4280. The van der Waals surface area contributed by atoms with Crippen LogP contribution in [0.2, 0.25) is 0 Å². The number of aromatic nitrogens is 3. The van der Waals surface area contributed by atoms with Gasteiger partial charge in [-0.15, -0.1) is 0 Å². The van der Waals surface area contributed by atoms with Crippen LogP contribution in [0.15, 0.2) is 47.0 Å². The molecule has 0 spiro atoms. The number of nitrogens with two attached hydrogens (primary N) is 8. The number of aliphatic imine (C=N–C) groups is 2. The van der Waals surface area contributed by atoms with E-state index in [-0.39, 0.29) is 139 Å². The lowest BCUT2D eigenvalue weighted by molar-refractivity contribution is -0.143. The first kappa shape index (κ1) is 110. The van der Waals surface area contributed by atoms with Crippen LogP contribution in [0.5, 0.6) is 0 Å². The molecule has 3 fully saturated rings. The fourth-order valence-corrected chi connectivity index (χ4v) is 15.7. The summed E-state index contributed by atoms with van der Waals surface area (Å²) in [5, 5.41) is 65.9. The molecule has 47 heteroatoms. The predicted octanol–water partition coefficient (Wildman–Crippen LogP) is -6.25. The summed E-state index contributed by atoms with van der Waals surface area (Å²) in [6, 6.07) is -15.5. The highest BCUT2D eigenvalue weighted by Crippen LogP contribution is 2.31. The Hall–Kier alpha value is -12.3. The summed E-state index contributed by atoms with van der Waals surface area (Å²) < 4.78 is 0. The van der Waals surface area contributed by atoms with Gasteiger partial charge in [-0.05, 0) is 146 Å². The highest BCUT2D eigenvalue weighted by Gasteiger charge is 2.47. The molecule has 0 radical (unpaired) electrons. The number of guanidine groups is 2. The van der Waals surface area contributed by atoms with Crippen LogP contribution in [0.4, 0.5) is 0 Å². The number of nitrogens with zero attached hydrogens (tertiary/aromatic N) is 5. The quantitative estimate of drug-likeness (QED) is 0.0166. The molecule has 17 amide bonds. The topological polar surface area (TPSA) is 785 Å². The number of nitrogens with one attached hydrogen (secondary N) is 14. The van der Waals surface area contributed by atoms with Crippen LogP contribution >= 0.6 is 0 Å². The predicted molar refractivity (Wildman–Crippen MR) is 482 cm³/mol. The van der Waals surface area contributed by atoms with Crippen molar-refractivity contribution in [2.24, 2.45) is 73.1 Å². The molecule has 5 rings (SSSR count). The zero-order valence-electron chi connectivity index (χ0n) is 76.8. The van der Waals surface area contributed by atoms with Gasteiger partial charge in [-0.1, -0.05) is 91.9 Å². The number of hydrogen-bond acceptors (Lipinski definition) is 25. The Morgan fingerprint density at radius 3 is 1.50 bits per heavy atom. The number of primary amides is 3. The van der Waals surface area contributed by atoms with E-state index in [0.29, 0.717) is 18.4 Å². The first-order valence-corrected chi connectivity index (χ1v) is 45.0. The molecule has 2 aliphatic carbocycles. The first-order valence-electron chi connectivity index (χ1n) is 45.0. The molecular weight excluding hydrogens is 1720 g/mol. The molecule has 1 saturated heterocycles. The highest BCUT2D eigenvalue weighted by molar-refractivity contribution is 6.03. The number of aliphatic hydroxyl groups excluding tert-OH is 3. The van der Waals surface area contributed by atoms with Crippen LogP contribution in [0.25, 0.3) is 0 Å². The van der Waals surface area contributed by atoms with Crippen LogP contribution in [0.1, 0.15) is 232 Å². The lowest BCUT2D eigenvalue weighted by Gasteiger charge is -2.34. The molecule has 47 nitrogen and oxygen atoms in total. The number of hydrogen-bond donors (Lipinski definition) is 25. The van der Waals surface area contributed by atoms with Crippen LogP contribution in [-0.4, -0.2) is 276 Å². The average Bonchev–Trinajstić information content (AvgIpc) is 1.61. The van der Waals surface area contributed by atoms with Gasteiger partial charge in [0.2, 0.25) is 94.5 Å². The Labute approximate surface area is 767 Å². The zero-order valence-corrected chi connectivity index (χ0v) is 76.8. The summed E-state index contributed by atoms with van der Waals surface area (Å²) >= 11 is 0. The van der Waals surface area contributed by atoms with Gasteiger partial charge >= 0.3 is 0 Å². The third-order valence-electron chi connectivity index (χ3n) is 23.3. The van der Waals surface area contributed by atoms with Gasteiger partial charge in [0.15, 0.2) is 11.9 Å². The maximum absolute atomic E-state index is 15.2. The van der Waals surface area contributed by atoms with Gasteiger partial charge in [0.1, 0.15) is 89.3 Å². The van der Waals surface area contributed by atoms with Gasteiger partial charge in [0.25, 0.3) is 5.91 Å². The Kier molecular flexibility index (Phi) is 45.0. The van der Waals surface area contributed by atoms with Crippen molar-refractivity contribution in [2.75, 3.05) is 32.8 Å². The first-order chi connectivity index (χ1) is 62.2. The lowest BCUT2D eigenvalue weighted by atomic mass is 9.84. The lowest BCUT2D eigenvalue weighted by Crippen LogP contribution is -2.65. The van der Waals surface area contributed by atoms with E-state index in [0.717, 1.165) is 63.2 Å². The Balaban J connectivity index is 1.37. The van der Waals surface area contributed by atoms with Gasteiger partial charge in [-0.2, -0.15) is 0 Å². The average molecular weight is 1860 g/mol. The van der Waals surface area contributed by atoms with Crippen molar-refractivity contribution in [1.29, 1.82) is 0 Å². The number of imidazole rings is 1. The molecule has 3 aliphatic rings. The normalized spacial score (nSPS) is 18.0. The van der Waals surface area contributed by atoms with E-state index in [1.54, 1.807) is 39.8 Å². The Morgan fingerprint density at radius 2 is 1.01 bits per heavy atom. The number of likely N-dealkylation sites (tertiary alicyclic amines) is 1. The number of carbonyl (C=O) groups is 17. The zero-order chi connectivity index (χ0) is 98.3. The van der Waals surface area contributed by atoms with E-state index in [9.17, 15) is 87.2 Å². The SMILES string of the molecule is CC[C@](C)(NC(=O)[C@H]1C[C@H](O)CN1C(=O)[C@H](CO)NC(=O)c1cnc[nH]1)C(=O)N[C@@H](Cc1ccncc1)C(=O)N[C@@H](CC1CCCCC1)C(=O)N[C@@H](CC(C)(C)C)C(=O)N[C@@H](CC(N)=O)C(=O)N[C@@H](CCCCN)C(=O)NC(C)(C)C(=O)N[C@H](C(=O)N[C@@H](CCCN=C(N)N)C(=O)N[C@@H](CCC(N)=O)C(=O)N[C@@H](CCCN=C(N)N)C(=O)N[C@@H](CC1CCCCC1)C(N)=O)[C@@H](C)O. The number of β-amino-alcohol motifs (C(OH)–C–C–N with tert-alkyl or cyclic N) is 1. The maximum Gasteiger partial charge on any atom is 0.270 e. The molecule has 0 aromatic carbocycles. The number of unbranched alkanes of at least 4 members (excludes halogenated alkanes) is 1. The van der Waals surface area contributed by atoms with Crippen LogP contribution in [0, 0.1) is 17.3 Å². The number of aliphatic hydroxyl groups is 3. The second kappa shape index (κ2) is 53.9. The highest BCUT2D eigenvalue weighted by atomic mass is 16.3. The summed E-state index contributed by atoms with van der Waals surface area (Å²) in [4.78, 5) is 260. The van der Waals surface area contributed by atoms with Gasteiger partial charge in [0.05, 0.1) is 37.8 Å². The summed E-state index contributed by atoms with van der Waals surface area (Å²) in [7, 11) is 0. The number of carbonyl (C=O) groups excluding carboxylic acids is 17. The van der Waals surface area contributed by atoms with Crippen molar-refractivity contribution in [3.8, 4) is 0 Å². The molecule has 2 aromatic rings. The minimum atomic E-state index is -2.07. The third-order valence-corrected chi connectivity index (χ3v) is 23.3. The van der Waals surface area contributed by atoms with Crippen LogP contribution in [-0.2, 0) is 83.1 Å². The van der Waals surface area contributed by atoms with Gasteiger partial charge in [-0.3, -0.25) is 96.5 Å². The standard InChI is InChI=1S/C85H141N27O20/c1-9-85(8,111-76(128)62-39-50(115)43-112(62)78(130)61(44-113)107-74(126)60-42-95-45-98-60)80(132)108-57(38-49-29-34-94-35-30-49)71(123)104-56(37-48-22-14-11-15-23-48)70(122)106-59(41-83(3,4)5)73(125)105-58(40-64(88)117)72(124)100-53(24-16-17-31-86)75(127)110-84(6,7)79(131)109-65(46(2)114)77(129)102-52(26-19-33-97-82(92)93)67(119)101-54(27-28-63(87)116)69(121)99-51(25-18-32-96-81(90)91)68(120)103-55(66(89)118)36-47-20-12-10-13-21-47/h29-30,34-35,42,45-48,50-59,61-62,65,113-115H,9-28,31-33,36-41,43-44,86H2,1-8H3,(H2,87,116)(H2,88,117)(H2,89,118)(H,95,98)(H,99,121)(H,100,124)(H,101,119)(H,102,129)(H,103,120)(H,104,123)(H,105,125)(H,106,122)(H,107,126)(H,108,132)(H,109,131)(H,110,127)(H,111,128)(H4,90,91,96)(H4,92,93,97)/t46-,50+,51+,52+,53+,54+,55+,56+,57+,58+,59+,61+,62-,65+,85+/m1/s1. The maximum atomic E-state index is 15.2. The fourth-order valence-electron chi connectivity index (χ4n) is 15.7. The summed E-state index contributed by atoms with van der Waals surface area (Å²) in [6.45, 7) is 10.4. The Morgan fingerprint density at radius 1 is 0.530 bits per heavy atom. The summed E-state index contributed by atoms with van der Waals surface area (Å²) in [5.41, 5.74) is 40.8. The van der Waals surface area contributed by atoms with Crippen molar-refractivity contribution in [3.63, 3.8) is 0 Å². The number of H-pyrrole nitrogens is 1. The number of amides is 17. The number of aromatic amines is 1. The molecule has 1 aliphatic heterocycles. The van der Waals surface area contributed by atoms with Crippen molar-refractivity contribution in [3.05, 3.63) is 48.3 Å². The van der Waals surface area contributed by atoms with Crippen molar-refractivity contribution < 1.29 is 96.8 Å². The van der Waals surface area contributed by atoms with E-state index >= 15 is 9.59 Å². The van der Waals surface area contributed by atoms with E-state index in [1.165, 1.54) is 45.7 Å². The summed E-state index contributed by atoms with van der Waals surface area (Å²) in [5.74, 6) is -17.2. The molecule has 736 valence electrons. The second-order valence-corrected chi connectivity index (χ2v) is 36.1. The fraction of sp³-hybridized carbons (Fsp3) is 0.682. The van der Waals surface area contributed by atoms with E-state index < -0.39 is 227 Å². The van der Waals surface area contributed by atoms with Crippen molar-refractivity contribution in [1.82, 2.24) is 89.0 Å². The van der Waals surface area contributed by atoms with Crippen LogP contribution in [0.3, 0.4) is 0 Å².